The van der Waals surface area contributed by atoms with Gasteiger partial charge < -0.3 is 0 Å². The Hall–Kier alpha value is 0.330. The minimum atomic E-state index is 0.564. The van der Waals surface area contributed by atoms with Crippen LogP contribution < -0.4 is 0 Å². The van der Waals surface area contributed by atoms with Crippen molar-refractivity contribution >= 4 is 33.8 Å². The first-order valence-electron chi connectivity index (χ1n) is 3.01. The van der Waals surface area contributed by atoms with Crippen LogP contribution >= 0.6 is 33.8 Å². The summed E-state index contributed by atoms with van der Waals surface area (Å²) in [5.41, 5.74) is 0. The third kappa shape index (κ3) is 2.52. The molecule has 0 aliphatic carbocycles. The fourth-order valence-corrected chi connectivity index (χ4v) is 1.95. The van der Waals surface area contributed by atoms with Gasteiger partial charge in [-0.25, -0.2) is 4.98 Å². The van der Waals surface area contributed by atoms with Gasteiger partial charge in [0.1, 0.15) is 0 Å². The van der Waals surface area contributed by atoms with Crippen LogP contribution in [0.1, 0.15) is 11.9 Å². The van der Waals surface area contributed by atoms with Crippen LogP contribution in [0.3, 0.4) is 0 Å². The Balaban J connectivity index is 2.40. The van der Waals surface area contributed by atoms with Crippen molar-refractivity contribution in [3.8, 4) is 0 Å². The van der Waals surface area contributed by atoms with Crippen molar-refractivity contribution in [1.29, 1.82) is 0 Å². The van der Waals surface area contributed by atoms with Gasteiger partial charge in [-0.05, 0) is 0 Å². The van der Waals surface area contributed by atoms with E-state index >= 15 is 0 Å². The number of thiol groups is 1. The molecule has 10 heavy (non-hydrogen) atoms. The summed E-state index contributed by atoms with van der Waals surface area (Å²) in [6.07, 6.45) is 2.88. The Bertz CT molecular complexity index is 173. The highest BCUT2D eigenvalue weighted by atomic mass is 33.1. The lowest BCUT2D eigenvalue weighted by molar-refractivity contribution is 0.934. The van der Waals surface area contributed by atoms with Crippen LogP contribution in [0, 0.1) is 0 Å². The van der Waals surface area contributed by atoms with E-state index in [-0.39, 0.29) is 0 Å². The number of nitrogens with zero attached hydrogens (tertiary/aromatic N) is 1. The molecular formula is C6H9NS3. The molecule has 1 aromatic heterocycles. The van der Waals surface area contributed by atoms with E-state index in [0.29, 0.717) is 5.25 Å². The van der Waals surface area contributed by atoms with E-state index in [9.17, 15) is 0 Å². The maximum absolute atomic E-state index is 4.18. The van der Waals surface area contributed by atoms with E-state index in [1.807, 2.05) is 11.6 Å². The maximum atomic E-state index is 4.18. The molecule has 0 amide bonds. The molecule has 0 fully saturated rings. The predicted octanol–water partition coefficient (Wildman–Crippen LogP) is 2.65. The van der Waals surface area contributed by atoms with Crippen LogP contribution in [0.2, 0.25) is 0 Å². The van der Waals surface area contributed by atoms with E-state index in [4.69, 9.17) is 0 Å². The number of aromatic nitrogens is 1. The number of hydrogen-bond acceptors (Lipinski definition) is 4. The zero-order chi connectivity index (χ0) is 7.40. The molecule has 0 aliphatic rings. The van der Waals surface area contributed by atoms with Gasteiger partial charge in [0.2, 0.25) is 0 Å². The lowest BCUT2D eigenvalue weighted by Gasteiger charge is -2.01. The summed E-state index contributed by atoms with van der Waals surface area (Å²) in [5, 5.41) is 3.77. The molecule has 0 saturated carbocycles. The Labute approximate surface area is 74.1 Å². The summed E-state index contributed by atoms with van der Waals surface area (Å²) in [4.78, 5) is 4.18. The van der Waals surface area contributed by atoms with Crippen molar-refractivity contribution < 1.29 is 0 Å². The van der Waals surface area contributed by atoms with E-state index in [1.54, 1.807) is 22.1 Å². The molecule has 1 rings (SSSR count). The zero-order valence-electron chi connectivity index (χ0n) is 5.65. The Kier molecular flexibility index (Phi) is 3.59. The lowest BCUT2D eigenvalue weighted by atomic mass is 10.3. The molecule has 1 aromatic rings. The number of thiazole rings is 1. The molecule has 1 nitrogen and oxygen atoms in total. The first-order valence-corrected chi connectivity index (χ1v) is 5.82. The van der Waals surface area contributed by atoms with Crippen LogP contribution in [-0.2, 0) is 6.42 Å². The average Bonchev–Trinajstić information content (AvgIpc) is 2.40. The van der Waals surface area contributed by atoms with Gasteiger partial charge in [-0.3, -0.25) is 0 Å². The Morgan fingerprint density at radius 3 is 3.20 bits per heavy atom. The Morgan fingerprint density at radius 1 is 1.90 bits per heavy atom. The first kappa shape index (κ1) is 8.43. The largest absolute Gasteiger partial charge is 0.250 e. The van der Waals surface area contributed by atoms with Crippen LogP contribution in [0.4, 0.5) is 0 Å². The van der Waals surface area contributed by atoms with Gasteiger partial charge in [-0.2, -0.15) is 0 Å². The number of hydrogen-bond donors (Lipinski definition) is 1. The van der Waals surface area contributed by atoms with Crippen molar-refractivity contribution in [1.82, 2.24) is 4.98 Å². The SMILES string of the molecule is CC(Cc1nccs1)SS. The second kappa shape index (κ2) is 4.26. The fraction of sp³-hybridized carbons (Fsp3) is 0.500. The van der Waals surface area contributed by atoms with Gasteiger partial charge in [0.15, 0.2) is 0 Å². The smallest absolute Gasteiger partial charge is 0.0936 e. The minimum Gasteiger partial charge on any atom is -0.250 e. The summed E-state index contributed by atoms with van der Waals surface area (Å²) < 4.78 is 0. The molecule has 0 N–H and O–H groups in total. The highest BCUT2D eigenvalue weighted by Crippen LogP contribution is 2.19. The van der Waals surface area contributed by atoms with Gasteiger partial charge >= 0.3 is 0 Å². The van der Waals surface area contributed by atoms with Gasteiger partial charge in [0, 0.05) is 23.2 Å². The van der Waals surface area contributed by atoms with E-state index in [2.05, 4.69) is 23.6 Å². The first-order chi connectivity index (χ1) is 4.83. The second-order valence-electron chi connectivity index (χ2n) is 2.05. The van der Waals surface area contributed by atoms with Crippen LogP contribution in [0.25, 0.3) is 0 Å². The molecule has 56 valence electrons. The molecule has 0 bridgehead atoms. The Morgan fingerprint density at radius 2 is 2.70 bits per heavy atom. The normalized spacial score (nSPS) is 13.4. The molecule has 4 heteroatoms. The quantitative estimate of drug-likeness (QED) is 0.582. The van der Waals surface area contributed by atoms with Gasteiger partial charge in [0.05, 0.1) is 5.01 Å². The molecular weight excluding hydrogens is 182 g/mol. The molecule has 1 heterocycles. The van der Waals surface area contributed by atoms with Crippen LogP contribution in [-0.4, -0.2) is 10.2 Å². The summed E-state index contributed by atoms with van der Waals surface area (Å²) in [6.45, 7) is 2.15. The van der Waals surface area contributed by atoms with Crippen LogP contribution in [0.15, 0.2) is 11.6 Å². The monoisotopic (exact) mass is 191 g/mol. The minimum absolute atomic E-state index is 0.564. The second-order valence-corrected chi connectivity index (χ2v) is 4.67. The van der Waals surface area contributed by atoms with Crippen molar-refractivity contribution in [3.63, 3.8) is 0 Å². The topological polar surface area (TPSA) is 12.9 Å². The van der Waals surface area contributed by atoms with E-state index in [0.717, 1.165) is 6.42 Å². The van der Waals surface area contributed by atoms with Crippen LogP contribution in [0.5, 0.6) is 0 Å². The summed E-state index contributed by atoms with van der Waals surface area (Å²) in [5.74, 6) is 0. The molecule has 0 aromatic carbocycles. The molecule has 0 aliphatic heterocycles. The predicted molar refractivity (Wildman–Crippen MR) is 51.9 cm³/mol. The summed E-state index contributed by atoms with van der Waals surface area (Å²) in [7, 11) is 1.58. The van der Waals surface area contributed by atoms with Crippen molar-refractivity contribution in [3.05, 3.63) is 16.6 Å². The third-order valence-electron chi connectivity index (χ3n) is 1.13. The fourth-order valence-electron chi connectivity index (χ4n) is 0.637. The third-order valence-corrected chi connectivity index (χ3v) is 3.53. The zero-order valence-corrected chi connectivity index (χ0v) is 8.18. The van der Waals surface area contributed by atoms with Crippen molar-refractivity contribution in [2.75, 3.05) is 0 Å². The van der Waals surface area contributed by atoms with Crippen molar-refractivity contribution in [2.24, 2.45) is 0 Å². The highest BCUT2D eigenvalue weighted by molar-refractivity contribution is 8.68. The molecule has 1 unspecified atom stereocenters. The highest BCUT2D eigenvalue weighted by Gasteiger charge is 2.02. The number of rotatable bonds is 3. The molecule has 0 saturated heterocycles. The maximum Gasteiger partial charge on any atom is 0.0936 e. The van der Waals surface area contributed by atoms with Gasteiger partial charge in [0.25, 0.3) is 0 Å². The molecule has 0 radical (unpaired) electrons. The van der Waals surface area contributed by atoms with E-state index in [1.165, 1.54) is 5.01 Å². The van der Waals surface area contributed by atoms with Gasteiger partial charge in [-0.1, -0.05) is 17.7 Å². The molecule has 0 spiro atoms. The van der Waals surface area contributed by atoms with E-state index < -0.39 is 0 Å². The lowest BCUT2D eigenvalue weighted by Crippen LogP contribution is -1.97. The average molecular weight is 191 g/mol. The van der Waals surface area contributed by atoms with Gasteiger partial charge in [-0.15, -0.1) is 23.0 Å². The van der Waals surface area contributed by atoms with Crippen molar-refractivity contribution in [2.45, 2.75) is 18.6 Å². The molecule has 1 atom stereocenters. The summed E-state index contributed by atoms with van der Waals surface area (Å²) in [6, 6.07) is 0. The summed E-state index contributed by atoms with van der Waals surface area (Å²) >= 11 is 5.83. The standard InChI is InChI=1S/C6H9NS3/c1-5(10-8)4-6-7-2-3-9-6/h2-3,5,8H,4H2,1H3.